The van der Waals surface area contributed by atoms with Crippen LogP contribution in [-0.4, -0.2) is 35.6 Å². The van der Waals surface area contributed by atoms with Gasteiger partial charge in [-0.05, 0) is 24.5 Å². The summed E-state index contributed by atoms with van der Waals surface area (Å²) in [6.07, 6.45) is 3.07. The molecule has 1 aromatic heterocycles. The minimum Gasteiger partial charge on any atom is -0.391 e. The Morgan fingerprint density at radius 1 is 1.62 bits per heavy atom. The van der Waals surface area contributed by atoms with Gasteiger partial charge in [-0.25, -0.2) is 4.98 Å². The summed E-state index contributed by atoms with van der Waals surface area (Å²) in [5, 5.41) is 9.82. The molecule has 2 rings (SSSR count). The number of β-amino-alcohol motifs (C(OH)–C–C–N with tert-alkyl or cyclic N) is 1. The van der Waals surface area contributed by atoms with Crippen LogP contribution in [0.25, 0.3) is 0 Å². The number of carbonyl (C=O) groups is 1. The van der Waals surface area contributed by atoms with Crippen LogP contribution in [0, 0.1) is 5.92 Å². The third-order valence-corrected chi connectivity index (χ3v) is 3.16. The molecule has 0 spiro atoms. The normalized spacial score (nSPS) is 25.5. The van der Waals surface area contributed by atoms with Crippen LogP contribution in [0.1, 0.15) is 23.7 Å². The molecule has 0 aliphatic carbocycles. The molecule has 1 saturated heterocycles. The lowest BCUT2D eigenvalue weighted by Crippen LogP contribution is -2.43. The van der Waals surface area contributed by atoms with Crippen molar-refractivity contribution in [1.29, 1.82) is 0 Å². The molecule has 1 aliphatic heterocycles. The molecule has 1 N–H and O–H groups in total. The topological polar surface area (TPSA) is 53.4 Å². The first kappa shape index (κ1) is 11.1. The molecule has 2 heterocycles. The SMILES string of the molecule is CC1CCN(c2ncccc2C=O)CC1O. The van der Waals surface area contributed by atoms with Crippen molar-refractivity contribution in [2.45, 2.75) is 19.4 Å². The first-order chi connectivity index (χ1) is 7.72. The number of hydrogen-bond acceptors (Lipinski definition) is 4. The van der Waals surface area contributed by atoms with Gasteiger partial charge < -0.3 is 10.0 Å². The molecule has 4 nitrogen and oxygen atoms in total. The molecule has 0 aromatic carbocycles. The van der Waals surface area contributed by atoms with E-state index in [1.165, 1.54) is 0 Å². The van der Waals surface area contributed by atoms with Gasteiger partial charge in [0.1, 0.15) is 5.82 Å². The van der Waals surface area contributed by atoms with Crippen molar-refractivity contribution < 1.29 is 9.90 Å². The lowest BCUT2D eigenvalue weighted by molar-refractivity contribution is 0.102. The van der Waals surface area contributed by atoms with E-state index in [2.05, 4.69) is 4.98 Å². The Bertz CT molecular complexity index is 381. The van der Waals surface area contributed by atoms with E-state index in [4.69, 9.17) is 0 Å². The van der Waals surface area contributed by atoms with Gasteiger partial charge in [-0.3, -0.25) is 4.79 Å². The minimum atomic E-state index is -0.338. The fraction of sp³-hybridized carbons (Fsp3) is 0.500. The van der Waals surface area contributed by atoms with Gasteiger partial charge in [0.2, 0.25) is 0 Å². The Morgan fingerprint density at radius 3 is 3.12 bits per heavy atom. The second-order valence-corrected chi connectivity index (χ2v) is 4.31. The summed E-state index contributed by atoms with van der Waals surface area (Å²) in [5.41, 5.74) is 0.587. The maximum absolute atomic E-state index is 10.9. The Hall–Kier alpha value is -1.42. The van der Waals surface area contributed by atoms with Crippen LogP contribution in [0.15, 0.2) is 18.3 Å². The largest absolute Gasteiger partial charge is 0.391 e. The van der Waals surface area contributed by atoms with Crippen molar-refractivity contribution in [3.8, 4) is 0 Å². The minimum absolute atomic E-state index is 0.319. The number of aliphatic hydroxyl groups is 1. The van der Waals surface area contributed by atoms with Crippen LogP contribution in [0.3, 0.4) is 0 Å². The monoisotopic (exact) mass is 220 g/mol. The zero-order chi connectivity index (χ0) is 11.5. The molecule has 1 aliphatic rings. The highest BCUT2D eigenvalue weighted by atomic mass is 16.3. The predicted molar refractivity (Wildman–Crippen MR) is 61.6 cm³/mol. The van der Waals surface area contributed by atoms with Gasteiger partial charge in [-0.2, -0.15) is 0 Å². The number of anilines is 1. The first-order valence-electron chi connectivity index (χ1n) is 5.55. The number of carbonyl (C=O) groups excluding carboxylic acids is 1. The smallest absolute Gasteiger partial charge is 0.153 e. The average Bonchev–Trinajstić information content (AvgIpc) is 2.32. The number of hydrogen-bond donors (Lipinski definition) is 1. The van der Waals surface area contributed by atoms with Crippen molar-refractivity contribution in [3.05, 3.63) is 23.9 Å². The van der Waals surface area contributed by atoms with Crippen molar-refractivity contribution in [3.63, 3.8) is 0 Å². The van der Waals surface area contributed by atoms with E-state index < -0.39 is 0 Å². The highest BCUT2D eigenvalue weighted by molar-refractivity contribution is 5.82. The van der Waals surface area contributed by atoms with Gasteiger partial charge in [0.25, 0.3) is 0 Å². The zero-order valence-corrected chi connectivity index (χ0v) is 9.34. The van der Waals surface area contributed by atoms with Gasteiger partial charge in [-0.1, -0.05) is 6.92 Å². The molecule has 16 heavy (non-hydrogen) atoms. The van der Waals surface area contributed by atoms with E-state index in [9.17, 15) is 9.90 Å². The average molecular weight is 220 g/mol. The van der Waals surface area contributed by atoms with E-state index in [-0.39, 0.29) is 6.10 Å². The van der Waals surface area contributed by atoms with Gasteiger partial charge >= 0.3 is 0 Å². The number of aldehydes is 1. The maximum Gasteiger partial charge on any atom is 0.153 e. The summed E-state index contributed by atoms with van der Waals surface area (Å²) >= 11 is 0. The van der Waals surface area contributed by atoms with Crippen molar-refractivity contribution in [2.75, 3.05) is 18.0 Å². The highest BCUT2D eigenvalue weighted by Gasteiger charge is 2.25. The van der Waals surface area contributed by atoms with Crippen LogP contribution in [0.2, 0.25) is 0 Å². The summed E-state index contributed by atoms with van der Waals surface area (Å²) in [5.74, 6) is 1.00. The first-order valence-corrected chi connectivity index (χ1v) is 5.55. The number of rotatable bonds is 2. The van der Waals surface area contributed by atoms with Gasteiger partial charge in [-0.15, -0.1) is 0 Å². The molecular formula is C12H16N2O2. The quantitative estimate of drug-likeness (QED) is 0.758. The number of aromatic nitrogens is 1. The molecule has 2 atom stereocenters. The third kappa shape index (κ3) is 2.07. The standard InChI is InChI=1S/C12H16N2O2/c1-9-4-6-14(7-11(9)16)12-10(8-15)3-2-5-13-12/h2-3,5,8-9,11,16H,4,6-7H2,1H3. The summed E-state index contributed by atoms with van der Waals surface area (Å²) in [6, 6.07) is 3.50. The number of nitrogens with zero attached hydrogens (tertiary/aromatic N) is 2. The second kappa shape index (κ2) is 4.61. The molecule has 0 bridgehead atoms. The Kier molecular flexibility index (Phi) is 3.19. The zero-order valence-electron chi connectivity index (χ0n) is 9.34. The van der Waals surface area contributed by atoms with Crippen molar-refractivity contribution in [1.82, 2.24) is 4.98 Å². The molecule has 2 unspecified atom stereocenters. The molecule has 1 aromatic rings. The molecule has 0 amide bonds. The Balaban J connectivity index is 2.21. The van der Waals surface area contributed by atoms with E-state index in [1.807, 2.05) is 11.8 Å². The van der Waals surface area contributed by atoms with Crippen LogP contribution in [-0.2, 0) is 0 Å². The lowest BCUT2D eigenvalue weighted by Gasteiger charge is -2.35. The number of piperidine rings is 1. The van der Waals surface area contributed by atoms with Crippen molar-refractivity contribution in [2.24, 2.45) is 5.92 Å². The van der Waals surface area contributed by atoms with Crippen LogP contribution in [0.5, 0.6) is 0 Å². The lowest BCUT2D eigenvalue weighted by atomic mass is 9.96. The van der Waals surface area contributed by atoms with Gasteiger partial charge in [0.15, 0.2) is 6.29 Å². The molecule has 4 heteroatoms. The molecular weight excluding hydrogens is 204 g/mol. The summed E-state index contributed by atoms with van der Waals surface area (Å²) in [7, 11) is 0. The van der Waals surface area contributed by atoms with Crippen LogP contribution < -0.4 is 4.90 Å². The van der Waals surface area contributed by atoms with E-state index in [0.717, 1.165) is 19.3 Å². The van der Waals surface area contributed by atoms with Gasteiger partial charge in [0, 0.05) is 19.3 Å². The predicted octanol–water partition coefficient (Wildman–Crippen LogP) is 1.10. The maximum atomic E-state index is 10.9. The molecule has 0 radical (unpaired) electrons. The summed E-state index contributed by atoms with van der Waals surface area (Å²) in [4.78, 5) is 17.1. The van der Waals surface area contributed by atoms with E-state index in [0.29, 0.717) is 23.8 Å². The van der Waals surface area contributed by atoms with Crippen LogP contribution >= 0.6 is 0 Å². The van der Waals surface area contributed by atoms with E-state index >= 15 is 0 Å². The van der Waals surface area contributed by atoms with Crippen molar-refractivity contribution >= 4 is 12.1 Å². The molecule has 0 saturated carbocycles. The fourth-order valence-electron chi connectivity index (χ4n) is 2.01. The highest BCUT2D eigenvalue weighted by Crippen LogP contribution is 2.23. The number of aliphatic hydroxyl groups excluding tert-OH is 1. The summed E-state index contributed by atoms with van der Waals surface area (Å²) < 4.78 is 0. The van der Waals surface area contributed by atoms with Crippen LogP contribution in [0.4, 0.5) is 5.82 Å². The molecule has 1 fully saturated rings. The van der Waals surface area contributed by atoms with Gasteiger partial charge in [0.05, 0.1) is 11.7 Å². The fourth-order valence-corrected chi connectivity index (χ4v) is 2.01. The Labute approximate surface area is 94.9 Å². The second-order valence-electron chi connectivity index (χ2n) is 4.31. The Morgan fingerprint density at radius 2 is 2.44 bits per heavy atom. The third-order valence-electron chi connectivity index (χ3n) is 3.16. The molecule has 86 valence electrons. The number of pyridine rings is 1. The van der Waals surface area contributed by atoms with E-state index in [1.54, 1.807) is 18.3 Å². The summed E-state index contributed by atoms with van der Waals surface area (Å²) in [6.45, 7) is 3.44.